The maximum Gasteiger partial charge on any atom is 0.147 e. The molecular formula is C16H22N4O. The standard InChI is InChI=1S/C16H22N4O/c1-12(14-6-4-5-13(9-14)11-21)17-10-16-19-18-15-7-2-3-8-20(15)16/h4-6,9,12,17,21H,2-3,7-8,10-11H2,1H3/t12-/m1/s1. The molecule has 5 heteroatoms. The largest absolute Gasteiger partial charge is 0.392 e. The molecule has 1 aromatic heterocycles. The third-order valence-electron chi connectivity index (χ3n) is 4.14. The molecule has 0 unspecified atom stereocenters. The van der Waals surface area contributed by atoms with Crippen LogP contribution >= 0.6 is 0 Å². The van der Waals surface area contributed by atoms with Crippen molar-refractivity contribution in [1.82, 2.24) is 20.1 Å². The number of aromatic nitrogens is 3. The Balaban J connectivity index is 1.65. The summed E-state index contributed by atoms with van der Waals surface area (Å²) in [5, 5.41) is 21.3. The van der Waals surface area contributed by atoms with Crippen molar-refractivity contribution in [3.05, 3.63) is 47.0 Å². The molecule has 1 aromatic carbocycles. The van der Waals surface area contributed by atoms with Gasteiger partial charge in [-0.25, -0.2) is 0 Å². The highest BCUT2D eigenvalue weighted by atomic mass is 16.3. The van der Waals surface area contributed by atoms with Gasteiger partial charge in [-0.1, -0.05) is 24.3 Å². The van der Waals surface area contributed by atoms with Crippen LogP contribution < -0.4 is 5.32 Å². The maximum atomic E-state index is 9.21. The summed E-state index contributed by atoms with van der Waals surface area (Å²) in [6.07, 6.45) is 3.48. The summed E-state index contributed by atoms with van der Waals surface area (Å²) in [7, 11) is 0. The van der Waals surface area contributed by atoms with Crippen LogP contribution in [-0.4, -0.2) is 19.9 Å². The van der Waals surface area contributed by atoms with Gasteiger partial charge in [0.25, 0.3) is 0 Å². The Hall–Kier alpha value is -1.72. The molecule has 2 N–H and O–H groups in total. The van der Waals surface area contributed by atoms with Crippen molar-refractivity contribution >= 4 is 0 Å². The van der Waals surface area contributed by atoms with Crippen molar-refractivity contribution in [3.63, 3.8) is 0 Å². The quantitative estimate of drug-likeness (QED) is 0.882. The first kappa shape index (κ1) is 14.2. The summed E-state index contributed by atoms with van der Waals surface area (Å²) < 4.78 is 2.24. The maximum absolute atomic E-state index is 9.21. The third-order valence-corrected chi connectivity index (χ3v) is 4.14. The lowest BCUT2D eigenvalue weighted by Gasteiger charge is -2.17. The number of fused-ring (bicyclic) bond motifs is 1. The average molecular weight is 286 g/mol. The highest BCUT2D eigenvalue weighted by Crippen LogP contribution is 2.17. The lowest BCUT2D eigenvalue weighted by atomic mass is 10.1. The molecule has 0 fully saturated rings. The Labute approximate surface area is 125 Å². The van der Waals surface area contributed by atoms with Gasteiger partial charge in [-0.15, -0.1) is 10.2 Å². The number of aliphatic hydroxyl groups excluding tert-OH is 1. The zero-order valence-corrected chi connectivity index (χ0v) is 12.4. The van der Waals surface area contributed by atoms with E-state index in [0.29, 0.717) is 0 Å². The summed E-state index contributed by atoms with van der Waals surface area (Å²) in [5.74, 6) is 2.14. The van der Waals surface area contributed by atoms with Gasteiger partial charge in [0.15, 0.2) is 0 Å². The fourth-order valence-electron chi connectivity index (χ4n) is 2.82. The molecule has 21 heavy (non-hydrogen) atoms. The van der Waals surface area contributed by atoms with E-state index in [1.807, 2.05) is 18.2 Å². The fourth-order valence-corrected chi connectivity index (χ4v) is 2.82. The molecule has 1 aliphatic rings. The van der Waals surface area contributed by atoms with E-state index in [1.165, 1.54) is 18.4 Å². The van der Waals surface area contributed by atoms with E-state index in [2.05, 4.69) is 33.1 Å². The molecule has 1 atom stereocenters. The minimum Gasteiger partial charge on any atom is -0.392 e. The summed E-state index contributed by atoms with van der Waals surface area (Å²) in [6, 6.07) is 8.25. The SMILES string of the molecule is C[C@@H](NCc1nnc2n1CCCC2)c1cccc(CO)c1. The number of nitrogens with zero attached hydrogens (tertiary/aromatic N) is 3. The van der Waals surface area contributed by atoms with E-state index in [-0.39, 0.29) is 12.6 Å². The summed E-state index contributed by atoms with van der Waals surface area (Å²) in [6.45, 7) is 3.97. The van der Waals surface area contributed by atoms with E-state index in [0.717, 1.165) is 36.7 Å². The Morgan fingerprint density at radius 2 is 2.24 bits per heavy atom. The van der Waals surface area contributed by atoms with Gasteiger partial charge in [-0.3, -0.25) is 0 Å². The van der Waals surface area contributed by atoms with Crippen molar-refractivity contribution in [2.24, 2.45) is 0 Å². The number of aliphatic hydroxyl groups is 1. The number of hydrogen-bond donors (Lipinski definition) is 2. The molecule has 0 spiro atoms. The molecule has 112 valence electrons. The van der Waals surface area contributed by atoms with Gasteiger partial charge in [-0.05, 0) is 30.9 Å². The van der Waals surface area contributed by atoms with Crippen LogP contribution in [0.15, 0.2) is 24.3 Å². The first-order valence-electron chi connectivity index (χ1n) is 7.62. The molecule has 0 saturated heterocycles. The van der Waals surface area contributed by atoms with E-state index in [1.54, 1.807) is 0 Å². The molecule has 3 rings (SSSR count). The minimum absolute atomic E-state index is 0.0816. The number of aryl methyl sites for hydroxylation is 1. The van der Waals surface area contributed by atoms with Gasteiger partial charge < -0.3 is 15.0 Å². The van der Waals surface area contributed by atoms with Crippen molar-refractivity contribution in [2.75, 3.05) is 0 Å². The molecule has 0 radical (unpaired) electrons. The molecule has 2 aromatic rings. The second kappa shape index (κ2) is 6.37. The van der Waals surface area contributed by atoms with E-state index in [4.69, 9.17) is 0 Å². The predicted molar refractivity (Wildman–Crippen MR) is 80.6 cm³/mol. The Morgan fingerprint density at radius 1 is 1.33 bits per heavy atom. The molecular weight excluding hydrogens is 264 g/mol. The van der Waals surface area contributed by atoms with Crippen molar-refractivity contribution in [2.45, 2.75) is 51.9 Å². The second-order valence-corrected chi connectivity index (χ2v) is 5.65. The van der Waals surface area contributed by atoms with E-state index < -0.39 is 0 Å². The highest BCUT2D eigenvalue weighted by Gasteiger charge is 2.16. The van der Waals surface area contributed by atoms with Gasteiger partial charge in [0.05, 0.1) is 13.2 Å². The van der Waals surface area contributed by atoms with Gasteiger partial charge in [0.1, 0.15) is 11.6 Å². The normalized spacial score (nSPS) is 15.7. The van der Waals surface area contributed by atoms with Crippen LogP contribution in [0.4, 0.5) is 0 Å². The van der Waals surface area contributed by atoms with Gasteiger partial charge in [0, 0.05) is 19.0 Å². The topological polar surface area (TPSA) is 63.0 Å². The zero-order valence-electron chi connectivity index (χ0n) is 12.4. The molecule has 5 nitrogen and oxygen atoms in total. The van der Waals surface area contributed by atoms with Gasteiger partial charge >= 0.3 is 0 Å². The van der Waals surface area contributed by atoms with Crippen LogP contribution in [0.25, 0.3) is 0 Å². The summed E-state index contributed by atoms with van der Waals surface area (Å²) in [4.78, 5) is 0. The number of rotatable bonds is 5. The fraction of sp³-hybridized carbons (Fsp3) is 0.500. The van der Waals surface area contributed by atoms with Crippen LogP contribution in [0.2, 0.25) is 0 Å². The van der Waals surface area contributed by atoms with E-state index in [9.17, 15) is 5.11 Å². The number of hydrogen-bond acceptors (Lipinski definition) is 4. The van der Waals surface area contributed by atoms with Crippen molar-refractivity contribution in [3.8, 4) is 0 Å². The smallest absolute Gasteiger partial charge is 0.147 e. The molecule has 0 saturated carbocycles. The lowest BCUT2D eigenvalue weighted by molar-refractivity contribution is 0.281. The van der Waals surface area contributed by atoms with Crippen LogP contribution in [0.5, 0.6) is 0 Å². The summed E-state index contributed by atoms with van der Waals surface area (Å²) >= 11 is 0. The predicted octanol–water partition coefficient (Wildman–Crippen LogP) is 1.96. The molecule has 0 bridgehead atoms. The van der Waals surface area contributed by atoms with Crippen LogP contribution in [-0.2, 0) is 26.1 Å². The highest BCUT2D eigenvalue weighted by molar-refractivity contribution is 5.25. The minimum atomic E-state index is 0.0816. The van der Waals surface area contributed by atoms with Crippen molar-refractivity contribution < 1.29 is 5.11 Å². The molecule has 0 aliphatic carbocycles. The average Bonchev–Trinajstić information content (AvgIpc) is 2.96. The first-order valence-corrected chi connectivity index (χ1v) is 7.62. The van der Waals surface area contributed by atoms with E-state index >= 15 is 0 Å². The zero-order chi connectivity index (χ0) is 14.7. The van der Waals surface area contributed by atoms with Crippen LogP contribution in [0.1, 0.15) is 48.6 Å². The Kier molecular flexibility index (Phi) is 4.31. The van der Waals surface area contributed by atoms with Gasteiger partial charge in [-0.2, -0.15) is 0 Å². The van der Waals surface area contributed by atoms with Crippen LogP contribution in [0, 0.1) is 0 Å². The molecule has 2 heterocycles. The van der Waals surface area contributed by atoms with Crippen molar-refractivity contribution in [1.29, 1.82) is 0 Å². The van der Waals surface area contributed by atoms with Crippen LogP contribution in [0.3, 0.4) is 0 Å². The van der Waals surface area contributed by atoms with Gasteiger partial charge in [0.2, 0.25) is 0 Å². The molecule has 0 amide bonds. The lowest BCUT2D eigenvalue weighted by Crippen LogP contribution is -2.22. The number of nitrogens with one attached hydrogen (secondary N) is 1. The summed E-state index contributed by atoms with van der Waals surface area (Å²) in [5.41, 5.74) is 2.13. The monoisotopic (exact) mass is 286 g/mol. The third kappa shape index (κ3) is 3.14. The molecule has 1 aliphatic heterocycles. The second-order valence-electron chi connectivity index (χ2n) is 5.65. The Bertz CT molecular complexity index is 608. The first-order chi connectivity index (χ1) is 10.3. The Morgan fingerprint density at radius 3 is 3.10 bits per heavy atom. The number of benzene rings is 1.